The van der Waals surface area contributed by atoms with Crippen molar-refractivity contribution in [3.05, 3.63) is 76.6 Å². The van der Waals surface area contributed by atoms with Gasteiger partial charge in [0, 0.05) is 13.1 Å². The van der Waals surface area contributed by atoms with E-state index in [1.165, 1.54) is 18.7 Å². The average Bonchev–Trinajstić information content (AvgIpc) is 3.13. The lowest BCUT2D eigenvalue weighted by Gasteiger charge is -2.10. The SMILES string of the molecule is COC(=O)c1cc(CO)nc(CNCc2nnc(C)n2CCCc2ccccc2)c1. The summed E-state index contributed by atoms with van der Waals surface area (Å²) in [5.74, 6) is 1.28. The molecule has 0 radical (unpaired) electrons. The Morgan fingerprint density at radius 3 is 2.63 bits per heavy atom. The van der Waals surface area contributed by atoms with Crippen molar-refractivity contribution < 1.29 is 14.6 Å². The van der Waals surface area contributed by atoms with Crippen LogP contribution >= 0.6 is 0 Å². The second-order valence-corrected chi connectivity index (χ2v) is 7.00. The summed E-state index contributed by atoms with van der Waals surface area (Å²) in [5.41, 5.74) is 2.76. The smallest absolute Gasteiger partial charge is 0.337 e. The minimum Gasteiger partial charge on any atom is -0.465 e. The van der Waals surface area contributed by atoms with Crippen LogP contribution in [-0.2, 0) is 37.4 Å². The monoisotopic (exact) mass is 409 g/mol. The van der Waals surface area contributed by atoms with E-state index in [9.17, 15) is 9.90 Å². The van der Waals surface area contributed by atoms with Gasteiger partial charge < -0.3 is 19.7 Å². The maximum Gasteiger partial charge on any atom is 0.337 e. The average molecular weight is 409 g/mol. The number of aryl methyl sites for hydroxylation is 2. The summed E-state index contributed by atoms with van der Waals surface area (Å²) in [4.78, 5) is 16.2. The van der Waals surface area contributed by atoms with Gasteiger partial charge in [0.15, 0.2) is 0 Å². The number of nitrogens with zero attached hydrogens (tertiary/aromatic N) is 4. The van der Waals surface area contributed by atoms with Crippen LogP contribution in [-0.4, -0.2) is 37.9 Å². The quantitative estimate of drug-likeness (QED) is 0.495. The Labute approximate surface area is 175 Å². The second kappa shape index (κ2) is 10.6. The number of nitrogens with one attached hydrogen (secondary N) is 1. The minimum absolute atomic E-state index is 0.243. The molecule has 0 amide bonds. The predicted molar refractivity (Wildman–Crippen MR) is 112 cm³/mol. The van der Waals surface area contributed by atoms with Gasteiger partial charge in [0.2, 0.25) is 0 Å². The first-order valence-corrected chi connectivity index (χ1v) is 9.93. The molecule has 0 aliphatic carbocycles. The zero-order valence-electron chi connectivity index (χ0n) is 17.3. The molecule has 2 aromatic heterocycles. The normalized spacial score (nSPS) is 10.9. The summed E-state index contributed by atoms with van der Waals surface area (Å²) in [6.45, 7) is 3.49. The lowest BCUT2D eigenvalue weighted by Crippen LogP contribution is -2.19. The molecule has 0 saturated carbocycles. The van der Waals surface area contributed by atoms with E-state index in [4.69, 9.17) is 4.74 Å². The van der Waals surface area contributed by atoms with E-state index >= 15 is 0 Å². The van der Waals surface area contributed by atoms with E-state index in [2.05, 4.69) is 49.3 Å². The van der Waals surface area contributed by atoms with Crippen LogP contribution in [0.15, 0.2) is 42.5 Å². The molecule has 0 saturated heterocycles. The highest BCUT2D eigenvalue weighted by Gasteiger charge is 2.11. The summed E-state index contributed by atoms with van der Waals surface area (Å²) in [6, 6.07) is 13.6. The van der Waals surface area contributed by atoms with Crippen LogP contribution in [0.2, 0.25) is 0 Å². The highest BCUT2D eigenvalue weighted by atomic mass is 16.5. The number of ether oxygens (including phenoxy) is 1. The van der Waals surface area contributed by atoms with Crippen LogP contribution in [0.1, 0.15) is 45.4 Å². The fourth-order valence-electron chi connectivity index (χ4n) is 3.29. The first-order valence-electron chi connectivity index (χ1n) is 9.93. The molecule has 158 valence electrons. The Morgan fingerprint density at radius 1 is 1.13 bits per heavy atom. The van der Waals surface area contributed by atoms with Crippen molar-refractivity contribution in [2.24, 2.45) is 0 Å². The van der Waals surface area contributed by atoms with Gasteiger partial charge in [-0.3, -0.25) is 4.98 Å². The third-order valence-electron chi connectivity index (χ3n) is 4.81. The van der Waals surface area contributed by atoms with Gasteiger partial charge in [-0.15, -0.1) is 10.2 Å². The Morgan fingerprint density at radius 2 is 1.90 bits per heavy atom. The highest BCUT2D eigenvalue weighted by molar-refractivity contribution is 5.89. The minimum atomic E-state index is -0.456. The fraction of sp³-hybridized carbons (Fsp3) is 0.364. The van der Waals surface area contributed by atoms with E-state index in [-0.39, 0.29) is 6.61 Å². The van der Waals surface area contributed by atoms with Crippen molar-refractivity contribution in [2.45, 2.75) is 46.0 Å². The maximum absolute atomic E-state index is 11.8. The third-order valence-corrected chi connectivity index (χ3v) is 4.81. The molecule has 0 fully saturated rings. The Balaban J connectivity index is 1.58. The molecule has 30 heavy (non-hydrogen) atoms. The molecule has 3 aromatic rings. The lowest BCUT2D eigenvalue weighted by molar-refractivity contribution is 0.0600. The van der Waals surface area contributed by atoms with Crippen molar-refractivity contribution in [1.29, 1.82) is 0 Å². The summed E-state index contributed by atoms with van der Waals surface area (Å²) >= 11 is 0. The number of rotatable bonds is 10. The summed E-state index contributed by atoms with van der Waals surface area (Å²) < 4.78 is 6.88. The van der Waals surface area contributed by atoms with E-state index in [0.717, 1.165) is 31.0 Å². The van der Waals surface area contributed by atoms with E-state index in [0.29, 0.717) is 30.0 Å². The topological polar surface area (TPSA) is 102 Å². The van der Waals surface area contributed by atoms with Gasteiger partial charge in [-0.25, -0.2) is 4.79 Å². The van der Waals surface area contributed by atoms with Crippen molar-refractivity contribution in [2.75, 3.05) is 7.11 Å². The van der Waals surface area contributed by atoms with Crippen molar-refractivity contribution in [3.63, 3.8) is 0 Å². The van der Waals surface area contributed by atoms with Gasteiger partial charge in [-0.05, 0) is 37.5 Å². The van der Waals surface area contributed by atoms with Gasteiger partial charge >= 0.3 is 5.97 Å². The number of aromatic nitrogens is 4. The number of hydrogen-bond acceptors (Lipinski definition) is 7. The molecule has 8 heteroatoms. The molecule has 0 atom stereocenters. The fourth-order valence-corrected chi connectivity index (χ4v) is 3.29. The highest BCUT2D eigenvalue weighted by Crippen LogP contribution is 2.10. The molecule has 0 spiro atoms. The van der Waals surface area contributed by atoms with E-state index < -0.39 is 5.97 Å². The van der Waals surface area contributed by atoms with Crippen LogP contribution in [0.5, 0.6) is 0 Å². The number of aliphatic hydroxyl groups is 1. The molecule has 0 aliphatic rings. The number of aliphatic hydroxyl groups excluding tert-OH is 1. The Bertz CT molecular complexity index is 972. The summed E-state index contributed by atoms with van der Waals surface area (Å²) in [5, 5.41) is 21.2. The van der Waals surface area contributed by atoms with E-state index in [1.807, 2.05) is 13.0 Å². The Hall–Kier alpha value is -3.10. The molecule has 1 aromatic carbocycles. The Kier molecular flexibility index (Phi) is 7.64. The van der Waals surface area contributed by atoms with Crippen molar-refractivity contribution >= 4 is 5.97 Å². The molecule has 0 aliphatic heterocycles. The number of methoxy groups -OCH3 is 1. The molecule has 3 rings (SSSR count). The van der Waals surface area contributed by atoms with Gasteiger partial charge in [-0.1, -0.05) is 30.3 Å². The largest absolute Gasteiger partial charge is 0.465 e. The molecular weight excluding hydrogens is 382 g/mol. The predicted octanol–water partition coefficient (Wildman–Crippen LogP) is 2.18. The van der Waals surface area contributed by atoms with Crippen LogP contribution in [0.25, 0.3) is 0 Å². The van der Waals surface area contributed by atoms with Crippen molar-refractivity contribution in [3.8, 4) is 0 Å². The van der Waals surface area contributed by atoms with Crippen LogP contribution in [0.3, 0.4) is 0 Å². The van der Waals surface area contributed by atoms with Crippen LogP contribution in [0, 0.1) is 6.92 Å². The maximum atomic E-state index is 11.8. The van der Waals surface area contributed by atoms with Gasteiger partial charge in [0.05, 0.1) is 37.2 Å². The van der Waals surface area contributed by atoms with Gasteiger partial charge in [0.25, 0.3) is 0 Å². The zero-order valence-corrected chi connectivity index (χ0v) is 17.3. The van der Waals surface area contributed by atoms with Gasteiger partial charge in [-0.2, -0.15) is 0 Å². The van der Waals surface area contributed by atoms with E-state index in [1.54, 1.807) is 6.07 Å². The van der Waals surface area contributed by atoms with Crippen LogP contribution < -0.4 is 5.32 Å². The molecular formula is C22H27N5O3. The van der Waals surface area contributed by atoms with Gasteiger partial charge in [0.1, 0.15) is 11.6 Å². The number of carbonyl (C=O) groups excluding carboxylic acids is 1. The molecule has 2 heterocycles. The summed E-state index contributed by atoms with van der Waals surface area (Å²) in [7, 11) is 1.33. The second-order valence-electron chi connectivity index (χ2n) is 7.00. The molecule has 8 nitrogen and oxygen atoms in total. The number of benzene rings is 1. The lowest BCUT2D eigenvalue weighted by atomic mass is 10.1. The first kappa shape index (κ1) is 21.6. The number of carbonyl (C=O) groups is 1. The number of pyridine rings is 1. The first-order chi connectivity index (χ1) is 14.6. The van der Waals surface area contributed by atoms with Crippen LogP contribution in [0.4, 0.5) is 0 Å². The number of hydrogen-bond donors (Lipinski definition) is 2. The molecule has 0 unspecified atom stereocenters. The molecule has 2 N–H and O–H groups in total. The third kappa shape index (κ3) is 5.71. The molecule has 0 bridgehead atoms. The standard InChI is InChI=1S/C22H27N5O3/c1-16-25-26-21(27(16)10-6-9-17-7-4-3-5-8-17)14-23-13-19-11-18(22(29)30-2)12-20(15-28)24-19/h3-5,7-8,11-12,23,28H,6,9-10,13-15H2,1-2H3. The van der Waals surface area contributed by atoms with Crippen molar-refractivity contribution in [1.82, 2.24) is 25.1 Å². The number of esters is 1. The summed E-state index contributed by atoms with van der Waals surface area (Å²) in [6.07, 6.45) is 2.00. The zero-order chi connectivity index (χ0) is 21.3.